The number of aliphatic hydroxyl groups is 1. The van der Waals surface area contributed by atoms with Crippen LogP contribution in [0.25, 0.3) is 6.08 Å². The maximum Gasteiger partial charge on any atom is 0.246 e. The molecule has 0 saturated carbocycles. The number of hydrogen-bond donors (Lipinski definition) is 1. The number of rotatable bonds is 2. The number of carbonyl (C=O) groups excluding carboxylic acids is 1. The predicted octanol–water partition coefficient (Wildman–Crippen LogP) is 2.73. The molecule has 4 heteroatoms. The molecule has 3 nitrogen and oxygen atoms in total. The second kappa shape index (κ2) is 5.76. The van der Waals surface area contributed by atoms with Crippen LogP contribution in [0, 0.1) is 0 Å². The van der Waals surface area contributed by atoms with Gasteiger partial charge in [0.2, 0.25) is 5.91 Å². The molecule has 0 bridgehead atoms. The maximum absolute atomic E-state index is 12.0. The first-order chi connectivity index (χ1) is 8.96. The van der Waals surface area contributed by atoms with E-state index in [1.165, 1.54) is 6.08 Å². The molecule has 1 aromatic rings. The number of carbonyl (C=O) groups is 1. The monoisotopic (exact) mass is 279 g/mol. The third-order valence-electron chi connectivity index (χ3n) is 3.25. The number of hydrogen-bond acceptors (Lipinski definition) is 2. The van der Waals surface area contributed by atoms with Crippen molar-refractivity contribution in [2.75, 3.05) is 13.1 Å². The van der Waals surface area contributed by atoms with E-state index in [-0.39, 0.29) is 5.91 Å². The smallest absolute Gasteiger partial charge is 0.246 e. The molecule has 102 valence electrons. The standard InChI is InChI=1S/C15H18ClNO2/c1-15(19)8-3-9-17(11-15)14(18)7-6-12-4-2-5-13(16)10-12/h2,4-7,10,19H,3,8-9,11H2,1H3/b7-6+. The van der Waals surface area contributed by atoms with E-state index in [2.05, 4.69) is 0 Å². The van der Waals surface area contributed by atoms with Crippen LogP contribution in [0.4, 0.5) is 0 Å². The maximum atomic E-state index is 12.0. The van der Waals surface area contributed by atoms with E-state index in [1.54, 1.807) is 30.0 Å². The molecule has 1 heterocycles. The summed E-state index contributed by atoms with van der Waals surface area (Å²) in [6, 6.07) is 7.33. The van der Waals surface area contributed by atoms with Crippen molar-refractivity contribution in [2.24, 2.45) is 0 Å². The third-order valence-corrected chi connectivity index (χ3v) is 3.49. The Morgan fingerprint density at radius 3 is 3.00 bits per heavy atom. The molecule has 1 atom stereocenters. The lowest BCUT2D eigenvalue weighted by Gasteiger charge is -2.36. The van der Waals surface area contributed by atoms with Gasteiger partial charge in [-0.1, -0.05) is 23.7 Å². The van der Waals surface area contributed by atoms with Crippen LogP contribution in [0.1, 0.15) is 25.3 Å². The normalized spacial score (nSPS) is 23.8. The van der Waals surface area contributed by atoms with Crippen molar-refractivity contribution >= 4 is 23.6 Å². The van der Waals surface area contributed by atoms with E-state index in [9.17, 15) is 9.90 Å². The molecule has 1 unspecified atom stereocenters. The zero-order valence-corrected chi connectivity index (χ0v) is 11.7. The Labute approximate surface area is 118 Å². The molecule has 0 radical (unpaired) electrons. The largest absolute Gasteiger partial charge is 0.388 e. The van der Waals surface area contributed by atoms with Crippen LogP contribution < -0.4 is 0 Å². The van der Waals surface area contributed by atoms with Gasteiger partial charge in [0, 0.05) is 24.2 Å². The summed E-state index contributed by atoms with van der Waals surface area (Å²) in [7, 11) is 0. The summed E-state index contributed by atoms with van der Waals surface area (Å²) in [6.45, 7) is 2.87. The van der Waals surface area contributed by atoms with Crippen LogP contribution in [0.2, 0.25) is 5.02 Å². The van der Waals surface area contributed by atoms with Crippen molar-refractivity contribution < 1.29 is 9.90 Å². The molecule has 0 spiro atoms. The summed E-state index contributed by atoms with van der Waals surface area (Å²) < 4.78 is 0. The number of halogens is 1. The Morgan fingerprint density at radius 1 is 1.53 bits per heavy atom. The van der Waals surface area contributed by atoms with Gasteiger partial charge in [0.25, 0.3) is 0 Å². The first-order valence-electron chi connectivity index (χ1n) is 6.41. The van der Waals surface area contributed by atoms with Gasteiger partial charge >= 0.3 is 0 Å². The lowest BCUT2D eigenvalue weighted by molar-refractivity contribution is -0.132. The van der Waals surface area contributed by atoms with Crippen molar-refractivity contribution in [3.05, 3.63) is 40.9 Å². The fourth-order valence-corrected chi connectivity index (χ4v) is 2.49. The number of nitrogens with zero attached hydrogens (tertiary/aromatic N) is 1. The van der Waals surface area contributed by atoms with Crippen molar-refractivity contribution in [2.45, 2.75) is 25.4 Å². The Morgan fingerprint density at radius 2 is 2.32 bits per heavy atom. The van der Waals surface area contributed by atoms with Crippen molar-refractivity contribution in [1.29, 1.82) is 0 Å². The average Bonchev–Trinajstić information content (AvgIpc) is 2.35. The van der Waals surface area contributed by atoms with Crippen LogP contribution in [0.5, 0.6) is 0 Å². The predicted molar refractivity (Wildman–Crippen MR) is 76.9 cm³/mol. The van der Waals surface area contributed by atoms with Gasteiger partial charge in [-0.15, -0.1) is 0 Å². The van der Waals surface area contributed by atoms with Crippen molar-refractivity contribution in [1.82, 2.24) is 4.90 Å². The van der Waals surface area contributed by atoms with E-state index >= 15 is 0 Å². The Kier molecular flexibility index (Phi) is 4.27. The van der Waals surface area contributed by atoms with Gasteiger partial charge in [0.15, 0.2) is 0 Å². The van der Waals surface area contributed by atoms with Gasteiger partial charge in [0.1, 0.15) is 0 Å². The lowest BCUT2D eigenvalue weighted by atomic mass is 9.95. The summed E-state index contributed by atoms with van der Waals surface area (Å²) in [5, 5.41) is 10.6. The van der Waals surface area contributed by atoms with Gasteiger partial charge in [-0.05, 0) is 43.5 Å². The molecule has 1 saturated heterocycles. The molecular formula is C15H18ClNO2. The number of piperidine rings is 1. The van der Waals surface area contributed by atoms with Crippen LogP contribution >= 0.6 is 11.6 Å². The summed E-state index contributed by atoms with van der Waals surface area (Å²) in [5.41, 5.74) is 0.127. The second-order valence-corrected chi connectivity index (χ2v) is 5.69. The average molecular weight is 280 g/mol. The topological polar surface area (TPSA) is 40.5 Å². The fraction of sp³-hybridized carbons (Fsp3) is 0.400. The highest BCUT2D eigenvalue weighted by atomic mass is 35.5. The molecule has 19 heavy (non-hydrogen) atoms. The zero-order chi connectivity index (χ0) is 13.9. The minimum Gasteiger partial charge on any atom is -0.388 e. The first kappa shape index (κ1) is 14.1. The molecule has 2 rings (SSSR count). The first-order valence-corrected chi connectivity index (χ1v) is 6.79. The van der Waals surface area contributed by atoms with Crippen LogP contribution in [-0.2, 0) is 4.79 Å². The summed E-state index contributed by atoms with van der Waals surface area (Å²) in [6.07, 6.45) is 4.86. The van der Waals surface area contributed by atoms with E-state index in [0.29, 0.717) is 18.1 Å². The fourth-order valence-electron chi connectivity index (χ4n) is 2.29. The number of β-amino-alcohol motifs (C(OH)–C–C–N with tert-alkyl or cyclic N) is 1. The van der Waals surface area contributed by atoms with E-state index < -0.39 is 5.60 Å². The van der Waals surface area contributed by atoms with Crippen LogP contribution in [0.3, 0.4) is 0 Å². The molecule has 1 amide bonds. The summed E-state index contributed by atoms with van der Waals surface area (Å²) in [4.78, 5) is 13.7. The van der Waals surface area contributed by atoms with Gasteiger partial charge in [0.05, 0.1) is 5.60 Å². The Bertz CT molecular complexity index is 497. The van der Waals surface area contributed by atoms with Gasteiger partial charge < -0.3 is 10.0 Å². The van der Waals surface area contributed by atoms with Gasteiger partial charge in [-0.3, -0.25) is 4.79 Å². The van der Waals surface area contributed by atoms with Crippen LogP contribution in [0.15, 0.2) is 30.3 Å². The molecule has 1 N–H and O–H groups in total. The molecule has 1 aliphatic rings. The minimum atomic E-state index is -0.766. The molecule has 0 aromatic heterocycles. The van der Waals surface area contributed by atoms with Crippen molar-refractivity contribution in [3.8, 4) is 0 Å². The SMILES string of the molecule is CC1(O)CCCN(C(=O)/C=C/c2cccc(Cl)c2)C1. The number of amides is 1. The molecule has 0 aliphatic carbocycles. The van der Waals surface area contributed by atoms with Gasteiger partial charge in [-0.2, -0.15) is 0 Å². The highest BCUT2D eigenvalue weighted by Gasteiger charge is 2.29. The molecule has 1 aromatic carbocycles. The zero-order valence-electron chi connectivity index (χ0n) is 11.0. The molecular weight excluding hydrogens is 262 g/mol. The molecule has 1 aliphatic heterocycles. The van der Waals surface area contributed by atoms with E-state index in [1.807, 2.05) is 12.1 Å². The second-order valence-electron chi connectivity index (χ2n) is 5.25. The third kappa shape index (κ3) is 4.08. The van der Waals surface area contributed by atoms with E-state index in [4.69, 9.17) is 11.6 Å². The minimum absolute atomic E-state index is 0.0695. The van der Waals surface area contributed by atoms with Crippen molar-refractivity contribution in [3.63, 3.8) is 0 Å². The van der Waals surface area contributed by atoms with E-state index in [0.717, 1.165) is 18.4 Å². The summed E-state index contributed by atoms with van der Waals surface area (Å²) >= 11 is 5.88. The molecule has 1 fully saturated rings. The number of benzene rings is 1. The Balaban J connectivity index is 2.01. The highest BCUT2D eigenvalue weighted by Crippen LogP contribution is 2.20. The summed E-state index contributed by atoms with van der Waals surface area (Å²) in [5.74, 6) is -0.0695. The quantitative estimate of drug-likeness (QED) is 0.846. The number of likely N-dealkylation sites (tertiary alicyclic amines) is 1. The van der Waals surface area contributed by atoms with Crippen LogP contribution in [-0.4, -0.2) is 34.6 Å². The highest BCUT2D eigenvalue weighted by molar-refractivity contribution is 6.30. The Hall–Kier alpha value is -1.32. The van der Waals surface area contributed by atoms with Gasteiger partial charge in [-0.25, -0.2) is 0 Å². The lowest BCUT2D eigenvalue weighted by Crippen LogP contribution is -2.48.